The Labute approximate surface area is 241 Å². The fourth-order valence-corrected chi connectivity index (χ4v) is 5.75. The van der Waals surface area contributed by atoms with Gasteiger partial charge in [-0.1, -0.05) is 12.1 Å². The highest BCUT2D eigenvalue weighted by Gasteiger charge is 2.34. The average Bonchev–Trinajstić information content (AvgIpc) is 3.39. The summed E-state index contributed by atoms with van der Waals surface area (Å²) in [7, 11) is 0. The van der Waals surface area contributed by atoms with Crippen LogP contribution in [0.25, 0.3) is 5.69 Å². The van der Waals surface area contributed by atoms with Gasteiger partial charge in [-0.15, -0.1) is 0 Å². The molecule has 2 aromatic carbocycles. The summed E-state index contributed by atoms with van der Waals surface area (Å²) in [6.07, 6.45) is 2.68. The standard InChI is InChI=1S/C32H40FN5O3/c1-22-6-7-23(2)28(20-22)35-16-18-36(19-17-35)30(39)27-21-34-38(26-10-8-25(33)9-11-26)29(27)24-12-14-37(15-13-24)31(40)41-32(3,4)5/h6-11,20-21,24H,12-19H2,1-5H3. The predicted molar refractivity (Wildman–Crippen MR) is 157 cm³/mol. The van der Waals surface area contributed by atoms with Crippen LogP contribution in [-0.2, 0) is 4.74 Å². The summed E-state index contributed by atoms with van der Waals surface area (Å²) in [6.45, 7) is 13.6. The van der Waals surface area contributed by atoms with Crippen molar-refractivity contribution in [3.05, 3.63) is 76.9 Å². The van der Waals surface area contributed by atoms with Crippen molar-refractivity contribution in [1.82, 2.24) is 19.6 Å². The Morgan fingerprint density at radius 1 is 0.902 bits per heavy atom. The Hall–Kier alpha value is -3.88. The van der Waals surface area contributed by atoms with Crippen LogP contribution in [0.15, 0.2) is 48.7 Å². The topological polar surface area (TPSA) is 70.9 Å². The van der Waals surface area contributed by atoms with Crippen molar-refractivity contribution in [3.63, 3.8) is 0 Å². The third-order valence-electron chi connectivity index (χ3n) is 7.91. The molecule has 0 saturated carbocycles. The molecule has 0 N–H and O–H groups in total. The van der Waals surface area contributed by atoms with Gasteiger partial charge in [0.2, 0.25) is 0 Å². The van der Waals surface area contributed by atoms with Crippen LogP contribution in [0.1, 0.15) is 66.7 Å². The lowest BCUT2D eigenvalue weighted by molar-refractivity contribution is 0.0203. The first-order valence-electron chi connectivity index (χ1n) is 14.4. The van der Waals surface area contributed by atoms with Crippen LogP contribution in [0.3, 0.4) is 0 Å². The molecule has 3 aromatic rings. The SMILES string of the molecule is Cc1ccc(C)c(N2CCN(C(=O)c3cnn(-c4ccc(F)cc4)c3C3CCN(C(=O)OC(C)(C)C)CC3)CC2)c1. The van der Waals surface area contributed by atoms with Gasteiger partial charge in [-0.25, -0.2) is 13.9 Å². The lowest BCUT2D eigenvalue weighted by atomic mass is 9.90. The smallest absolute Gasteiger partial charge is 0.410 e. The maximum atomic E-state index is 14.0. The number of benzene rings is 2. The molecule has 0 atom stereocenters. The third-order valence-corrected chi connectivity index (χ3v) is 7.91. The molecule has 2 fully saturated rings. The summed E-state index contributed by atoms with van der Waals surface area (Å²) in [5.74, 6) is -0.355. The van der Waals surface area contributed by atoms with Crippen LogP contribution in [0.5, 0.6) is 0 Å². The minimum atomic E-state index is -0.559. The summed E-state index contributed by atoms with van der Waals surface area (Å²) in [4.78, 5) is 32.6. The van der Waals surface area contributed by atoms with E-state index in [9.17, 15) is 14.0 Å². The first-order chi connectivity index (χ1) is 19.5. The number of piperidine rings is 1. The number of carbonyl (C=O) groups excluding carboxylic acids is 2. The Kier molecular flexibility index (Phi) is 8.07. The van der Waals surface area contributed by atoms with Gasteiger partial charge in [-0.2, -0.15) is 5.10 Å². The monoisotopic (exact) mass is 561 g/mol. The van der Waals surface area contributed by atoms with Gasteiger partial charge in [0.15, 0.2) is 0 Å². The first-order valence-corrected chi connectivity index (χ1v) is 14.4. The lowest BCUT2D eigenvalue weighted by Crippen LogP contribution is -2.49. The number of aryl methyl sites for hydroxylation is 2. The second kappa shape index (κ2) is 11.5. The average molecular weight is 562 g/mol. The fourth-order valence-electron chi connectivity index (χ4n) is 5.75. The summed E-state index contributed by atoms with van der Waals surface area (Å²) in [5, 5.41) is 4.62. The number of hydrogen-bond acceptors (Lipinski definition) is 5. The van der Waals surface area contributed by atoms with E-state index in [4.69, 9.17) is 4.74 Å². The Bertz CT molecular complexity index is 1400. The van der Waals surface area contributed by atoms with Gasteiger partial charge in [-0.05, 0) is 88.9 Å². The summed E-state index contributed by atoms with van der Waals surface area (Å²) in [6, 6.07) is 12.6. The van der Waals surface area contributed by atoms with Crippen molar-refractivity contribution >= 4 is 17.7 Å². The van der Waals surface area contributed by atoms with E-state index in [2.05, 4.69) is 42.0 Å². The highest BCUT2D eigenvalue weighted by Crippen LogP contribution is 2.34. The molecular formula is C32H40FN5O3. The van der Waals surface area contributed by atoms with Gasteiger partial charge in [0.25, 0.3) is 5.91 Å². The number of halogens is 1. The maximum Gasteiger partial charge on any atom is 0.410 e. The minimum absolute atomic E-state index is 0.0106. The summed E-state index contributed by atoms with van der Waals surface area (Å²) < 4.78 is 21.1. The molecule has 8 nitrogen and oxygen atoms in total. The van der Waals surface area contributed by atoms with Crippen LogP contribution in [0.2, 0.25) is 0 Å². The number of carbonyl (C=O) groups is 2. The molecule has 2 amide bonds. The van der Waals surface area contributed by atoms with Crippen molar-refractivity contribution < 1.29 is 18.7 Å². The Balaban J connectivity index is 1.36. The molecule has 1 aromatic heterocycles. The quantitative estimate of drug-likeness (QED) is 0.408. The van der Waals surface area contributed by atoms with E-state index in [-0.39, 0.29) is 23.7 Å². The first kappa shape index (κ1) is 28.6. The predicted octanol–water partition coefficient (Wildman–Crippen LogP) is 5.71. The van der Waals surface area contributed by atoms with Gasteiger partial charge in [0.1, 0.15) is 11.4 Å². The van der Waals surface area contributed by atoms with Gasteiger partial charge < -0.3 is 19.4 Å². The van der Waals surface area contributed by atoms with Crippen LogP contribution in [0.4, 0.5) is 14.9 Å². The maximum absolute atomic E-state index is 14.0. The molecule has 0 aliphatic carbocycles. The summed E-state index contributed by atoms with van der Waals surface area (Å²) >= 11 is 0. The molecular weight excluding hydrogens is 521 g/mol. The molecule has 2 aliphatic rings. The molecule has 2 aliphatic heterocycles. The van der Waals surface area contributed by atoms with Gasteiger partial charge in [0.05, 0.1) is 23.1 Å². The number of ether oxygens (including phenoxy) is 1. The van der Waals surface area contributed by atoms with Crippen LogP contribution >= 0.6 is 0 Å². The molecule has 218 valence electrons. The van der Waals surface area contributed by atoms with Crippen molar-refractivity contribution in [3.8, 4) is 5.69 Å². The van der Waals surface area contributed by atoms with E-state index in [0.717, 1.165) is 18.8 Å². The summed E-state index contributed by atoms with van der Waals surface area (Å²) in [5.41, 5.74) is 5.22. The highest BCUT2D eigenvalue weighted by atomic mass is 19.1. The number of rotatable bonds is 4. The van der Waals surface area contributed by atoms with E-state index in [1.165, 1.54) is 28.9 Å². The van der Waals surface area contributed by atoms with Crippen LogP contribution in [-0.4, -0.2) is 76.5 Å². The molecule has 0 spiro atoms. The van der Waals surface area contributed by atoms with E-state index >= 15 is 0 Å². The molecule has 5 rings (SSSR count). The van der Waals surface area contributed by atoms with Crippen LogP contribution in [0, 0.1) is 19.7 Å². The lowest BCUT2D eigenvalue weighted by Gasteiger charge is -2.37. The number of anilines is 1. The normalized spacial score (nSPS) is 16.7. The molecule has 0 radical (unpaired) electrons. The van der Waals surface area contributed by atoms with Crippen LogP contribution < -0.4 is 4.90 Å². The zero-order valence-electron chi connectivity index (χ0n) is 24.7. The molecule has 41 heavy (non-hydrogen) atoms. The fraction of sp³-hybridized carbons (Fsp3) is 0.469. The molecule has 0 bridgehead atoms. The Morgan fingerprint density at radius 2 is 1.56 bits per heavy atom. The number of hydrogen-bond donors (Lipinski definition) is 0. The van der Waals surface area contributed by atoms with Gasteiger partial charge >= 0.3 is 6.09 Å². The van der Waals surface area contributed by atoms with E-state index in [1.807, 2.05) is 25.7 Å². The highest BCUT2D eigenvalue weighted by molar-refractivity contribution is 5.95. The second-order valence-corrected chi connectivity index (χ2v) is 12.1. The zero-order chi connectivity index (χ0) is 29.3. The van der Waals surface area contributed by atoms with Crippen molar-refractivity contribution in [1.29, 1.82) is 0 Å². The number of nitrogens with zero attached hydrogens (tertiary/aromatic N) is 5. The minimum Gasteiger partial charge on any atom is -0.444 e. The van der Waals surface area contributed by atoms with E-state index < -0.39 is 5.60 Å². The molecule has 9 heteroatoms. The third kappa shape index (κ3) is 6.39. The van der Waals surface area contributed by atoms with Gasteiger partial charge in [0, 0.05) is 50.9 Å². The van der Waals surface area contributed by atoms with E-state index in [1.54, 1.807) is 27.9 Å². The van der Waals surface area contributed by atoms with Crippen molar-refractivity contribution in [2.45, 2.75) is 59.0 Å². The second-order valence-electron chi connectivity index (χ2n) is 12.1. The van der Waals surface area contributed by atoms with Crippen molar-refractivity contribution in [2.24, 2.45) is 0 Å². The van der Waals surface area contributed by atoms with Crippen molar-refractivity contribution in [2.75, 3.05) is 44.2 Å². The van der Waals surface area contributed by atoms with Gasteiger partial charge in [-0.3, -0.25) is 4.79 Å². The number of piperazine rings is 1. The zero-order valence-corrected chi connectivity index (χ0v) is 24.7. The largest absolute Gasteiger partial charge is 0.444 e. The molecule has 3 heterocycles. The molecule has 2 saturated heterocycles. The number of amides is 2. The number of likely N-dealkylation sites (tertiary alicyclic amines) is 1. The molecule has 0 unspecified atom stereocenters. The number of aromatic nitrogens is 2. The Morgan fingerprint density at radius 3 is 2.20 bits per heavy atom. The van der Waals surface area contributed by atoms with E-state index in [0.29, 0.717) is 50.3 Å².